The molecule has 2 heteroatoms. The molecule has 0 saturated heterocycles. The minimum absolute atomic E-state index is 0.0911. The third-order valence-corrected chi connectivity index (χ3v) is 3.30. The number of hydrogen-bond donors (Lipinski definition) is 1. The predicted molar refractivity (Wildman–Crippen MR) is 69.2 cm³/mol. The van der Waals surface area contributed by atoms with Crippen molar-refractivity contribution in [3.63, 3.8) is 0 Å². The molecule has 82 valence electrons. The molecular weight excluding hydrogens is 202 g/mol. The maximum Gasteiger partial charge on any atom is 0.0332 e. The van der Waals surface area contributed by atoms with E-state index < -0.39 is 0 Å². The molecule has 0 fully saturated rings. The predicted octanol–water partition coefficient (Wildman–Crippen LogP) is 3.76. The van der Waals surface area contributed by atoms with Crippen molar-refractivity contribution < 1.29 is 0 Å². The van der Waals surface area contributed by atoms with Crippen molar-refractivity contribution in [2.24, 2.45) is 5.73 Å². The molecule has 0 bridgehead atoms. The van der Waals surface area contributed by atoms with Crippen LogP contribution in [0.3, 0.4) is 0 Å². The molecule has 0 amide bonds. The van der Waals surface area contributed by atoms with E-state index in [1.807, 2.05) is 0 Å². The van der Waals surface area contributed by atoms with Crippen molar-refractivity contribution in [3.8, 4) is 0 Å². The van der Waals surface area contributed by atoms with Gasteiger partial charge in [0, 0.05) is 10.9 Å². The third-order valence-electron chi connectivity index (χ3n) is 2.55. The van der Waals surface area contributed by atoms with E-state index in [0.29, 0.717) is 0 Å². The molecule has 1 aromatic carbocycles. The van der Waals surface area contributed by atoms with Crippen LogP contribution in [0.5, 0.6) is 0 Å². The average Bonchev–Trinajstić information content (AvgIpc) is 2.29. The van der Waals surface area contributed by atoms with Crippen LogP contribution in [-0.2, 0) is 0 Å². The quantitative estimate of drug-likeness (QED) is 0.605. The second-order valence-electron chi connectivity index (χ2n) is 3.69. The Hall–Kier alpha value is -0.730. The lowest BCUT2D eigenvalue weighted by Gasteiger charge is -2.13. The normalized spacial score (nSPS) is 12.5. The summed E-state index contributed by atoms with van der Waals surface area (Å²) in [4.78, 5) is 1.28. The van der Waals surface area contributed by atoms with Gasteiger partial charge in [0.2, 0.25) is 0 Å². The van der Waals surface area contributed by atoms with Crippen LogP contribution in [0, 0.1) is 0 Å². The van der Waals surface area contributed by atoms with Gasteiger partial charge in [0.1, 0.15) is 0 Å². The SMILES string of the molecule is C=C(CC)CC(N)c1ccc(SC)cc1. The maximum atomic E-state index is 6.10. The van der Waals surface area contributed by atoms with Gasteiger partial charge >= 0.3 is 0 Å². The van der Waals surface area contributed by atoms with Gasteiger partial charge in [-0.05, 0) is 36.8 Å². The van der Waals surface area contributed by atoms with Crippen molar-refractivity contribution in [3.05, 3.63) is 42.0 Å². The van der Waals surface area contributed by atoms with E-state index in [4.69, 9.17) is 5.73 Å². The molecule has 0 aromatic heterocycles. The largest absolute Gasteiger partial charge is 0.324 e. The first-order valence-electron chi connectivity index (χ1n) is 5.23. The van der Waals surface area contributed by atoms with Crippen LogP contribution in [0.25, 0.3) is 0 Å². The fourth-order valence-electron chi connectivity index (χ4n) is 1.42. The molecule has 1 rings (SSSR count). The molecule has 15 heavy (non-hydrogen) atoms. The Morgan fingerprint density at radius 1 is 1.40 bits per heavy atom. The number of benzene rings is 1. The van der Waals surface area contributed by atoms with Crippen LogP contribution < -0.4 is 5.73 Å². The van der Waals surface area contributed by atoms with Crippen LogP contribution in [0.4, 0.5) is 0 Å². The highest BCUT2D eigenvalue weighted by Gasteiger charge is 2.06. The Balaban J connectivity index is 2.65. The van der Waals surface area contributed by atoms with E-state index in [1.54, 1.807) is 11.8 Å². The minimum Gasteiger partial charge on any atom is -0.324 e. The zero-order valence-electron chi connectivity index (χ0n) is 9.49. The van der Waals surface area contributed by atoms with Gasteiger partial charge < -0.3 is 5.73 Å². The molecule has 0 aliphatic carbocycles. The fourth-order valence-corrected chi connectivity index (χ4v) is 1.83. The van der Waals surface area contributed by atoms with E-state index in [2.05, 4.69) is 44.0 Å². The first-order chi connectivity index (χ1) is 7.17. The summed E-state index contributed by atoms with van der Waals surface area (Å²) in [6, 6.07) is 8.55. The molecule has 0 aliphatic heterocycles. The van der Waals surface area contributed by atoms with E-state index >= 15 is 0 Å². The van der Waals surface area contributed by atoms with Crippen LogP contribution in [0.15, 0.2) is 41.3 Å². The Morgan fingerprint density at radius 2 is 2.00 bits per heavy atom. The van der Waals surface area contributed by atoms with Crippen LogP contribution in [0.2, 0.25) is 0 Å². The Labute approximate surface area is 96.8 Å². The molecule has 0 spiro atoms. The third kappa shape index (κ3) is 3.73. The van der Waals surface area contributed by atoms with Gasteiger partial charge in [-0.1, -0.05) is 31.2 Å². The lowest BCUT2D eigenvalue weighted by Crippen LogP contribution is -2.10. The topological polar surface area (TPSA) is 26.0 Å². The number of nitrogens with two attached hydrogens (primary N) is 1. The molecule has 0 heterocycles. The van der Waals surface area contributed by atoms with E-state index in [1.165, 1.54) is 16.0 Å². The van der Waals surface area contributed by atoms with Gasteiger partial charge in [0.05, 0.1) is 0 Å². The Bertz CT molecular complexity index is 316. The van der Waals surface area contributed by atoms with Gasteiger partial charge in [0.15, 0.2) is 0 Å². The zero-order valence-corrected chi connectivity index (χ0v) is 10.3. The average molecular weight is 221 g/mol. The van der Waals surface area contributed by atoms with Gasteiger partial charge in [-0.15, -0.1) is 11.8 Å². The monoisotopic (exact) mass is 221 g/mol. The van der Waals surface area contributed by atoms with Gasteiger partial charge in [-0.3, -0.25) is 0 Å². The zero-order chi connectivity index (χ0) is 11.3. The highest BCUT2D eigenvalue weighted by atomic mass is 32.2. The van der Waals surface area contributed by atoms with Crippen LogP contribution >= 0.6 is 11.8 Å². The van der Waals surface area contributed by atoms with E-state index in [0.717, 1.165) is 12.8 Å². The second kappa shape index (κ2) is 5.99. The summed E-state index contributed by atoms with van der Waals surface area (Å²) in [7, 11) is 0. The fraction of sp³-hybridized carbons (Fsp3) is 0.385. The molecule has 1 aromatic rings. The summed E-state index contributed by atoms with van der Waals surface area (Å²) in [6.07, 6.45) is 3.97. The number of hydrogen-bond acceptors (Lipinski definition) is 2. The summed E-state index contributed by atoms with van der Waals surface area (Å²) in [5.41, 5.74) is 8.51. The van der Waals surface area contributed by atoms with Crippen LogP contribution in [-0.4, -0.2) is 6.26 Å². The number of thioether (sulfide) groups is 1. The smallest absolute Gasteiger partial charge is 0.0332 e. The Kier molecular flexibility index (Phi) is 4.92. The second-order valence-corrected chi connectivity index (χ2v) is 4.57. The molecule has 1 nitrogen and oxygen atoms in total. The number of rotatable bonds is 5. The highest BCUT2D eigenvalue weighted by molar-refractivity contribution is 7.98. The lowest BCUT2D eigenvalue weighted by molar-refractivity contribution is 0.700. The standard InChI is InChI=1S/C13H19NS/c1-4-10(2)9-13(14)11-5-7-12(15-3)8-6-11/h5-8,13H,2,4,9,14H2,1,3H3. The summed E-state index contributed by atoms with van der Waals surface area (Å²) in [5.74, 6) is 0. The summed E-state index contributed by atoms with van der Waals surface area (Å²) < 4.78 is 0. The van der Waals surface area contributed by atoms with E-state index in [9.17, 15) is 0 Å². The van der Waals surface area contributed by atoms with Crippen molar-refractivity contribution in [1.29, 1.82) is 0 Å². The van der Waals surface area contributed by atoms with Gasteiger partial charge in [-0.25, -0.2) is 0 Å². The van der Waals surface area contributed by atoms with E-state index in [-0.39, 0.29) is 6.04 Å². The van der Waals surface area contributed by atoms with Crippen molar-refractivity contribution in [1.82, 2.24) is 0 Å². The van der Waals surface area contributed by atoms with Gasteiger partial charge in [-0.2, -0.15) is 0 Å². The van der Waals surface area contributed by atoms with Crippen molar-refractivity contribution >= 4 is 11.8 Å². The highest BCUT2D eigenvalue weighted by Crippen LogP contribution is 2.22. The van der Waals surface area contributed by atoms with Crippen molar-refractivity contribution in [2.45, 2.75) is 30.7 Å². The first-order valence-corrected chi connectivity index (χ1v) is 6.46. The maximum absolute atomic E-state index is 6.10. The minimum atomic E-state index is 0.0911. The Morgan fingerprint density at radius 3 is 2.47 bits per heavy atom. The molecular formula is C13H19NS. The summed E-state index contributed by atoms with van der Waals surface area (Å²) >= 11 is 1.75. The molecule has 2 N–H and O–H groups in total. The summed E-state index contributed by atoms with van der Waals surface area (Å²) in [6.45, 7) is 6.11. The molecule has 0 saturated carbocycles. The van der Waals surface area contributed by atoms with Crippen molar-refractivity contribution in [2.75, 3.05) is 6.26 Å². The molecule has 1 atom stereocenters. The molecule has 1 unspecified atom stereocenters. The van der Waals surface area contributed by atoms with Crippen LogP contribution in [0.1, 0.15) is 31.4 Å². The first kappa shape index (κ1) is 12.3. The summed E-state index contributed by atoms with van der Waals surface area (Å²) in [5, 5.41) is 0. The van der Waals surface area contributed by atoms with Gasteiger partial charge in [0.25, 0.3) is 0 Å². The molecule has 0 radical (unpaired) electrons. The lowest BCUT2D eigenvalue weighted by atomic mass is 9.99. The molecule has 0 aliphatic rings.